The van der Waals surface area contributed by atoms with E-state index in [0.29, 0.717) is 11.8 Å². The van der Waals surface area contributed by atoms with Crippen LogP contribution in [0.15, 0.2) is 30.3 Å². The van der Waals surface area contributed by atoms with Gasteiger partial charge in [0, 0.05) is 11.4 Å². The lowest BCUT2D eigenvalue weighted by molar-refractivity contribution is 0.628. The fraction of sp³-hybridized carbons (Fsp3) is 0.364. The summed E-state index contributed by atoms with van der Waals surface area (Å²) in [6.07, 6.45) is 0. The van der Waals surface area contributed by atoms with E-state index >= 15 is 0 Å². The topological polar surface area (TPSA) is 55.6 Å². The Kier molecular flexibility index (Phi) is 3.28. The van der Waals surface area contributed by atoms with Crippen LogP contribution >= 0.6 is 11.6 Å². The maximum atomic E-state index is 5.87. The molecule has 2 aromatic rings. The van der Waals surface area contributed by atoms with Crippen LogP contribution in [0.5, 0.6) is 0 Å². The molecule has 0 atom stereocenters. The average Bonchev–Trinajstić information content (AvgIpc) is 2.77. The van der Waals surface area contributed by atoms with Crippen LogP contribution < -0.4 is 5.32 Å². The number of tetrazole rings is 1. The van der Waals surface area contributed by atoms with Gasteiger partial charge in [-0.3, -0.25) is 0 Å². The van der Waals surface area contributed by atoms with Crippen LogP contribution in [0.3, 0.4) is 0 Å². The first-order chi connectivity index (χ1) is 8.12. The van der Waals surface area contributed by atoms with E-state index in [1.807, 2.05) is 44.2 Å². The number of rotatable bonds is 4. The molecule has 5 nitrogen and oxygen atoms in total. The number of halogens is 1. The summed E-state index contributed by atoms with van der Waals surface area (Å²) in [6, 6.07) is 9.70. The molecule has 2 rings (SSSR count). The molecule has 0 saturated heterocycles. The Bertz CT molecular complexity index is 480. The lowest BCUT2D eigenvalue weighted by Gasteiger charge is -2.23. The second-order valence-electron chi connectivity index (χ2n) is 4.39. The van der Waals surface area contributed by atoms with E-state index in [1.54, 1.807) is 4.68 Å². The summed E-state index contributed by atoms with van der Waals surface area (Å²) in [5.41, 5.74) is 0.647. The largest absolute Gasteiger partial charge is 0.347 e. The van der Waals surface area contributed by atoms with Crippen LogP contribution in [-0.4, -0.2) is 31.6 Å². The number of nitrogens with zero attached hydrogens (tertiary/aromatic N) is 4. The maximum absolute atomic E-state index is 5.87. The molecular weight excluding hydrogens is 238 g/mol. The third kappa shape index (κ3) is 2.74. The molecule has 1 heterocycles. The minimum Gasteiger partial charge on any atom is -0.347 e. The summed E-state index contributed by atoms with van der Waals surface area (Å²) < 4.78 is 1.65. The van der Waals surface area contributed by atoms with Gasteiger partial charge in [-0.25, -0.2) is 0 Å². The van der Waals surface area contributed by atoms with Gasteiger partial charge in [0.05, 0.1) is 5.69 Å². The van der Waals surface area contributed by atoms with Gasteiger partial charge in [-0.15, -0.1) is 11.6 Å². The Balaban J connectivity index is 2.30. The highest BCUT2D eigenvalue weighted by molar-refractivity contribution is 6.18. The number of hydrogen-bond donors (Lipinski definition) is 1. The Morgan fingerprint density at radius 3 is 2.65 bits per heavy atom. The maximum Gasteiger partial charge on any atom is 0.248 e. The summed E-state index contributed by atoms with van der Waals surface area (Å²) in [6.45, 7) is 3.98. The monoisotopic (exact) mass is 251 g/mol. The molecule has 0 saturated carbocycles. The summed E-state index contributed by atoms with van der Waals surface area (Å²) in [5.74, 6) is 1.05. The average molecular weight is 252 g/mol. The first-order valence-electron chi connectivity index (χ1n) is 5.30. The molecule has 0 amide bonds. The van der Waals surface area contributed by atoms with Crippen molar-refractivity contribution in [3.63, 3.8) is 0 Å². The van der Waals surface area contributed by atoms with Crippen molar-refractivity contribution in [1.29, 1.82) is 0 Å². The number of anilines is 1. The second kappa shape index (κ2) is 4.71. The molecule has 1 aromatic carbocycles. The molecule has 90 valence electrons. The molecule has 0 aliphatic heterocycles. The van der Waals surface area contributed by atoms with Gasteiger partial charge in [0.1, 0.15) is 0 Å². The molecule has 1 aromatic heterocycles. The number of hydrogen-bond acceptors (Lipinski definition) is 4. The lowest BCUT2D eigenvalue weighted by atomic mass is 10.1. The number of para-hydroxylation sites is 1. The van der Waals surface area contributed by atoms with Crippen LogP contribution in [0, 0.1) is 0 Å². The molecule has 0 unspecified atom stereocenters. The molecule has 0 radical (unpaired) electrons. The zero-order valence-electron chi connectivity index (χ0n) is 9.76. The fourth-order valence-corrected chi connectivity index (χ4v) is 1.41. The van der Waals surface area contributed by atoms with Gasteiger partial charge in [0.2, 0.25) is 5.95 Å². The van der Waals surface area contributed by atoms with Crippen LogP contribution in [-0.2, 0) is 0 Å². The zero-order valence-corrected chi connectivity index (χ0v) is 10.5. The zero-order chi connectivity index (χ0) is 12.3. The number of benzene rings is 1. The van der Waals surface area contributed by atoms with E-state index in [1.165, 1.54) is 0 Å². The van der Waals surface area contributed by atoms with Crippen molar-refractivity contribution in [3.05, 3.63) is 30.3 Å². The Hall–Kier alpha value is -1.62. The second-order valence-corrected chi connectivity index (χ2v) is 4.66. The van der Waals surface area contributed by atoms with Gasteiger partial charge < -0.3 is 5.32 Å². The van der Waals surface area contributed by atoms with Gasteiger partial charge in [-0.05, 0) is 36.4 Å². The highest BCUT2D eigenvalue weighted by Gasteiger charge is 2.19. The molecule has 0 spiro atoms. The smallest absolute Gasteiger partial charge is 0.248 e. The van der Waals surface area contributed by atoms with Gasteiger partial charge in [-0.2, -0.15) is 4.68 Å². The molecular formula is C11H14ClN5. The molecule has 0 aliphatic carbocycles. The predicted molar refractivity (Wildman–Crippen MR) is 67.6 cm³/mol. The molecule has 17 heavy (non-hydrogen) atoms. The van der Waals surface area contributed by atoms with Crippen LogP contribution in [0.1, 0.15) is 13.8 Å². The van der Waals surface area contributed by atoms with Crippen LogP contribution in [0.4, 0.5) is 5.95 Å². The first-order valence-corrected chi connectivity index (χ1v) is 5.84. The molecule has 0 fully saturated rings. The lowest BCUT2D eigenvalue weighted by Crippen LogP contribution is -2.34. The summed E-state index contributed by atoms with van der Waals surface area (Å²) >= 11 is 5.87. The minimum absolute atomic E-state index is 0.261. The minimum atomic E-state index is -0.261. The summed E-state index contributed by atoms with van der Waals surface area (Å²) in [7, 11) is 0. The first kappa shape index (κ1) is 11.9. The standard InChI is InChI=1S/C11H14ClN5/c1-11(2,8-12)13-10-14-15-16-17(10)9-6-4-3-5-7-9/h3-7H,8H2,1-2H3,(H,13,14,16). The van der Waals surface area contributed by atoms with Crippen molar-refractivity contribution < 1.29 is 0 Å². The molecule has 6 heteroatoms. The third-order valence-corrected chi connectivity index (χ3v) is 2.92. The van der Waals surface area contributed by atoms with Crippen molar-refractivity contribution in [2.24, 2.45) is 0 Å². The Morgan fingerprint density at radius 2 is 2.00 bits per heavy atom. The van der Waals surface area contributed by atoms with Gasteiger partial charge in [0.25, 0.3) is 0 Å². The predicted octanol–water partition coefficient (Wildman–Crippen LogP) is 2.09. The Morgan fingerprint density at radius 1 is 1.29 bits per heavy atom. The van der Waals surface area contributed by atoms with Gasteiger partial charge >= 0.3 is 0 Å². The summed E-state index contributed by atoms with van der Waals surface area (Å²) in [5, 5.41) is 14.8. The third-order valence-electron chi connectivity index (χ3n) is 2.25. The van der Waals surface area contributed by atoms with Crippen molar-refractivity contribution in [2.45, 2.75) is 19.4 Å². The van der Waals surface area contributed by atoms with E-state index in [0.717, 1.165) is 5.69 Å². The highest BCUT2D eigenvalue weighted by Crippen LogP contribution is 2.16. The normalized spacial score (nSPS) is 11.5. The summed E-state index contributed by atoms with van der Waals surface area (Å²) in [4.78, 5) is 0. The SMILES string of the molecule is CC(C)(CCl)Nc1nnnn1-c1ccccc1. The van der Waals surface area contributed by atoms with Crippen molar-refractivity contribution in [1.82, 2.24) is 20.2 Å². The van der Waals surface area contributed by atoms with E-state index < -0.39 is 0 Å². The highest BCUT2D eigenvalue weighted by atomic mass is 35.5. The van der Waals surface area contributed by atoms with E-state index in [4.69, 9.17) is 11.6 Å². The Labute approximate surface area is 105 Å². The number of aromatic nitrogens is 4. The molecule has 1 N–H and O–H groups in total. The van der Waals surface area contributed by atoms with E-state index in [9.17, 15) is 0 Å². The quantitative estimate of drug-likeness (QED) is 0.846. The van der Waals surface area contributed by atoms with E-state index in [-0.39, 0.29) is 5.54 Å². The number of nitrogens with one attached hydrogen (secondary N) is 1. The van der Waals surface area contributed by atoms with Crippen molar-refractivity contribution in [2.75, 3.05) is 11.2 Å². The van der Waals surface area contributed by atoms with E-state index in [2.05, 4.69) is 20.8 Å². The molecule has 0 bridgehead atoms. The number of alkyl halides is 1. The van der Waals surface area contributed by atoms with Crippen LogP contribution in [0.25, 0.3) is 5.69 Å². The van der Waals surface area contributed by atoms with Crippen molar-refractivity contribution in [3.8, 4) is 5.69 Å². The van der Waals surface area contributed by atoms with Gasteiger partial charge in [0.15, 0.2) is 0 Å². The van der Waals surface area contributed by atoms with Crippen LogP contribution in [0.2, 0.25) is 0 Å². The van der Waals surface area contributed by atoms with Crippen molar-refractivity contribution >= 4 is 17.5 Å². The molecule has 0 aliphatic rings. The fourth-order valence-electron chi connectivity index (χ4n) is 1.34. The van der Waals surface area contributed by atoms with Gasteiger partial charge in [-0.1, -0.05) is 23.3 Å².